The molecule has 3 aromatic rings. The highest BCUT2D eigenvalue weighted by molar-refractivity contribution is 7.07. The van der Waals surface area contributed by atoms with Crippen molar-refractivity contribution in [2.75, 3.05) is 6.61 Å². The van der Waals surface area contributed by atoms with E-state index in [1.165, 1.54) is 17.4 Å². The summed E-state index contributed by atoms with van der Waals surface area (Å²) in [5, 5.41) is 0.566. The molecule has 1 aromatic heterocycles. The summed E-state index contributed by atoms with van der Waals surface area (Å²) in [4.78, 5) is 31.4. The van der Waals surface area contributed by atoms with Gasteiger partial charge in [-0.3, -0.25) is 9.36 Å². The average molecular weight is 451 g/mol. The molecule has 0 aliphatic carbocycles. The highest BCUT2D eigenvalue weighted by Crippen LogP contribution is 2.31. The van der Waals surface area contributed by atoms with E-state index in [0.29, 0.717) is 25.6 Å². The summed E-state index contributed by atoms with van der Waals surface area (Å²) in [5.41, 5.74) is 2.28. The molecular formula is C24H19ClN2O3S. The zero-order valence-electron chi connectivity index (χ0n) is 16.7. The number of rotatable bonds is 5. The molecule has 0 saturated carbocycles. The van der Waals surface area contributed by atoms with Gasteiger partial charge in [0.25, 0.3) is 5.56 Å². The molecule has 7 heteroatoms. The van der Waals surface area contributed by atoms with Crippen molar-refractivity contribution in [1.29, 1.82) is 0 Å². The number of hydrogen-bond acceptors (Lipinski definition) is 5. The molecule has 0 N–H and O–H groups in total. The standard InChI is InChI=1S/C24H19ClN2O3S/c1-3-13-30-23(29)20-15(2)26-24-27(21(20)17-9-11-18(25)12-10-17)22(28)19(31-24)14-16-7-5-4-6-8-16/h3-12,14,21H,1,13H2,2H3. The molecular weight excluding hydrogens is 432 g/mol. The van der Waals surface area contributed by atoms with Gasteiger partial charge in [-0.05, 0) is 36.3 Å². The smallest absolute Gasteiger partial charge is 0.338 e. The van der Waals surface area contributed by atoms with Crippen molar-refractivity contribution in [3.63, 3.8) is 0 Å². The predicted molar refractivity (Wildman–Crippen MR) is 123 cm³/mol. The molecule has 2 heterocycles. The summed E-state index contributed by atoms with van der Waals surface area (Å²) >= 11 is 7.36. The van der Waals surface area contributed by atoms with Gasteiger partial charge in [0.2, 0.25) is 0 Å². The molecule has 0 amide bonds. The van der Waals surface area contributed by atoms with Crippen LogP contribution in [0.3, 0.4) is 0 Å². The van der Waals surface area contributed by atoms with E-state index in [4.69, 9.17) is 16.3 Å². The van der Waals surface area contributed by atoms with E-state index in [1.54, 1.807) is 35.8 Å². The minimum absolute atomic E-state index is 0.0708. The van der Waals surface area contributed by atoms with E-state index < -0.39 is 12.0 Å². The van der Waals surface area contributed by atoms with Crippen LogP contribution in [-0.2, 0) is 9.53 Å². The summed E-state index contributed by atoms with van der Waals surface area (Å²) < 4.78 is 7.41. The van der Waals surface area contributed by atoms with Crippen LogP contribution in [0.15, 0.2) is 88.3 Å². The van der Waals surface area contributed by atoms with Crippen molar-refractivity contribution in [3.8, 4) is 0 Å². The number of nitrogens with zero attached hydrogens (tertiary/aromatic N) is 2. The quantitative estimate of drug-likeness (QED) is 0.440. The van der Waals surface area contributed by atoms with Crippen LogP contribution in [0, 0.1) is 0 Å². The van der Waals surface area contributed by atoms with Crippen LogP contribution in [-0.4, -0.2) is 17.1 Å². The first-order chi connectivity index (χ1) is 15.0. The van der Waals surface area contributed by atoms with Crippen LogP contribution in [0.5, 0.6) is 0 Å². The molecule has 0 saturated heterocycles. The van der Waals surface area contributed by atoms with Crippen molar-refractivity contribution < 1.29 is 9.53 Å². The molecule has 156 valence electrons. The molecule has 1 atom stereocenters. The molecule has 0 fully saturated rings. The molecule has 1 aliphatic heterocycles. The van der Waals surface area contributed by atoms with Gasteiger partial charge in [0.05, 0.1) is 21.8 Å². The molecule has 5 nitrogen and oxygen atoms in total. The predicted octanol–water partition coefficient (Wildman–Crippen LogP) is 3.62. The van der Waals surface area contributed by atoms with Crippen molar-refractivity contribution in [2.24, 2.45) is 4.99 Å². The molecule has 0 radical (unpaired) electrons. The third kappa shape index (κ3) is 4.17. The van der Waals surface area contributed by atoms with Gasteiger partial charge in [-0.2, -0.15) is 0 Å². The number of benzene rings is 2. The zero-order chi connectivity index (χ0) is 22.0. The molecule has 2 aromatic carbocycles. The highest BCUT2D eigenvalue weighted by Gasteiger charge is 2.33. The number of allylic oxidation sites excluding steroid dienone is 1. The first-order valence-corrected chi connectivity index (χ1v) is 10.8. The van der Waals surface area contributed by atoms with Gasteiger partial charge in [-0.15, -0.1) is 0 Å². The van der Waals surface area contributed by atoms with Gasteiger partial charge in [0, 0.05) is 5.02 Å². The molecule has 1 aliphatic rings. The topological polar surface area (TPSA) is 60.7 Å². The fourth-order valence-corrected chi connectivity index (χ4v) is 4.63. The van der Waals surface area contributed by atoms with Gasteiger partial charge in [0.1, 0.15) is 6.61 Å². The van der Waals surface area contributed by atoms with E-state index in [9.17, 15) is 9.59 Å². The van der Waals surface area contributed by atoms with E-state index in [1.807, 2.05) is 36.4 Å². The number of thiazole rings is 1. The Morgan fingerprint density at radius 2 is 1.94 bits per heavy atom. The van der Waals surface area contributed by atoms with Gasteiger partial charge in [-0.1, -0.05) is 78.1 Å². The first-order valence-electron chi connectivity index (χ1n) is 9.60. The van der Waals surface area contributed by atoms with Crippen molar-refractivity contribution >= 4 is 35.0 Å². The second-order valence-electron chi connectivity index (χ2n) is 6.93. The number of esters is 1. The Bertz CT molecular complexity index is 1350. The lowest BCUT2D eigenvalue weighted by Crippen LogP contribution is -2.39. The maximum absolute atomic E-state index is 13.4. The Morgan fingerprint density at radius 1 is 1.23 bits per heavy atom. The number of carbonyl (C=O) groups is 1. The van der Waals surface area contributed by atoms with E-state index in [2.05, 4.69) is 11.6 Å². The Kier molecular flexibility index (Phi) is 6.02. The summed E-state index contributed by atoms with van der Waals surface area (Å²) in [6, 6.07) is 16.0. The summed E-state index contributed by atoms with van der Waals surface area (Å²) in [6.07, 6.45) is 3.33. The number of fused-ring (bicyclic) bond motifs is 1. The lowest BCUT2D eigenvalue weighted by Gasteiger charge is -2.24. The van der Waals surface area contributed by atoms with E-state index >= 15 is 0 Å². The van der Waals surface area contributed by atoms with Gasteiger partial charge in [-0.25, -0.2) is 9.79 Å². The second kappa shape index (κ2) is 8.88. The Hall–Kier alpha value is -3.22. The van der Waals surface area contributed by atoms with E-state index in [-0.39, 0.29) is 12.2 Å². The average Bonchev–Trinajstić information content (AvgIpc) is 3.07. The Labute approximate surface area is 187 Å². The van der Waals surface area contributed by atoms with Crippen LogP contribution in [0.4, 0.5) is 0 Å². The minimum Gasteiger partial charge on any atom is -0.458 e. The SMILES string of the molecule is C=CCOC(=O)C1=C(C)N=c2sc(=Cc3ccccc3)c(=O)n2C1c1ccc(Cl)cc1. The van der Waals surface area contributed by atoms with E-state index in [0.717, 1.165) is 11.1 Å². The van der Waals surface area contributed by atoms with Crippen molar-refractivity contribution in [2.45, 2.75) is 13.0 Å². The largest absolute Gasteiger partial charge is 0.458 e. The maximum Gasteiger partial charge on any atom is 0.338 e. The summed E-state index contributed by atoms with van der Waals surface area (Å²) in [7, 11) is 0. The third-order valence-corrected chi connectivity index (χ3v) is 6.09. The lowest BCUT2D eigenvalue weighted by molar-refractivity contribution is -0.138. The normalized spacial score (nSPS) is 15.9. The molecule has 0 spiro atoms. The monoisotopic (exact) mass is 450 g/mol. The van der Waals surface area contributed by atoms with Crippen LogP contribution in [0.2, 0.25) is 5.02 Å². The molecule has 4 rings (SSSR count). The number of hydrogen-bond donors (Lipinski definition) is 0. The van der Waals surface area contributed by atoms with Crippen LogP contribution in [0.1, 0.15) is 24.1 Å². The van der Waals surface area contributed by atoms with Crippen LogP contribution < -0.4 is 14.9 Å². The fourth-order valence-electron chi connectivity index (χ4n) is 3.46. The fraction of sp³-hybridized carbons (Fsp3) is 0.125. The van der Waals surface area contributed by atoms with Crippen LogP contribution in [0.25, 0.3) is 6.08 Å². The Morgan fingerprint density at radius 3 is 2.61 bits per heavy atom. The maximum atomic E-state index is 13.4. The lowest BCUT2D eigenvalue weighted by atomic mass is 9.96. The molecule has 0 bridgehead atoms. The van der Waals surface area contributed by atoms with Crippen molar-refractivity contribution in [1.82, 2.24) is 4.57 Å². The first kappa shape index (κ1) is 21.0. The molecule has 31 heavy (non-hydrogen) atoms. The highest BCUT2D eigenvalue weighted by atomic mass is 35.5. The second-order valence-corrected chi connectivity index (χ2v) is 8.38. The molecule has 1 unspecified atom stereocenters. The minimum atomic E-state index is -0.663. The van der Waals surface area contributed by atoms with Crippen molar-refractivity contribution in [3.05, 3.63) is 114 Å². The summed E-state index contributed by atoms with van der Waals surface area (Å²) in [6.45, 7) is 5.41. The van der Waals surface area contributed by atoms with Gasteiger partial charge >= 0.3 is 5.97 Å². The Balaban J connectivity index is 1.94. The van der Waals surface area contributed by atoms with Crippen LogP contribution >= 0.6 is 22.9 Å². The number of aromatic nitrogens is 1. The number of carbonyl (C=O) groups excluding carboxylic acids is 1. The number of ether oxygens (including phenoxy) is 1. The summed E-state index contributed by atoms with van der Waals surface area (Å²) in [5.74, 6) is -0.529. The van der Waals surface area contributed by atoms with Gasteiger partial charge < -0.3 is 4.74 Å². The zero-order valence-corrected chi connectivity index (χ0v) is 18.3. The van der Waals surface area contributed by atoms with Gasteiger partial charge in [0.15, 0.2) is 4.80 Å². The number of halogens is 1. The third-order valence-electron chi connectivity index (χ3n) is 4.86.